The summed E-state index contributed by atoms with van der Waals surface area (Å²) in [7, 11) is 0. The first-order valence-corrected chi connectivity index (χ1v) is 11.3. The highest BCUT2D eigenvalue weighted by Crippen LogP contribution is 2.27. The number of amides is 2. The van der Waals surface area contributed by atoms with Crippen molar-refractivity contribution in [2.24, 2.45) is 0 Å². The Balaban J connectivity index is 1.36. The zero-order chi connectivity index (χ0) is 23.9. The molecule has 0 fully saturated rings. The second-order valence-corrected chi connectivity index (χ2v) is 8.31. The molecular formula is C26H20N4O3S. The Kier molecular flexibility index (Phi) is 6.96. The van der Waals surface area contributed by atoms with Crippen molar-refractivity contribution in [2.75, 3.05) is 5.32 Å². The monoisotopic (exact) mass is 468 g/mol. The lowest BCUT2D eigenvalue weighted by Gasteiger charge is -2.12. The maximum absolute atomic E-state index is 12.7. The summed E-state index contributed by atoms with van der Waals surface area (Å²) < 4.78 is 5.73. The zero-order valence-electron chi connectivity index (χ0n) is 18.2. The molecule has 34 heavy (non-hydrogen) atoms. The Bertz CT molecular complexity index is 1360. The van der Waals surface area contributed by atoms with E-state index in [0.717, 1.165) is 11.1 Å². The van der Waals surface area contributed by atoms with Crippen LogP contribution in [0, 0.1) is 18.3 Å². The minimum absolute atomic E-state index is 0.119. The van der Waals surface area contributed by atoms with Gasteiger partial charge in [-0.25, -0.2) is 4.98 Å². The maximum Gasteiger partial charge on any atom is 0.261 e. The van der Waals surface area contributed by atoms with E-state index in [2.05, 4.69) is 15.6 Å². The summed E-state index contributed by atoms with van der Waals surface area (Å²) in [6.45, 7) is 2.23. The molecule has 4 aromatic rings. The lowest BCUT2D eigenvalue weighted by atomic mass is 10.1. The summed E-state index contributed by atoms with van der Waals surface area (Å²) in [5.41, 5.74) is 3.18. The number of pyridine rings is 1. The first-order chi connectivity index (χ1) is 16.5. The van der Waals surface area contributed by atoms with Gasteiger partial charge in [0.2, 0.25) is 5.88 Å². The smallest absolute Gasteiger partial charge is 0.261 e. The van der Waals surface area contributed by atoms with Gasteiger partial charge in [0.25, 0.3) is 11.8 Å². The van der Waals surface area contributed by atoms with Crippen LogP contribution in [0.4, 0.5) is 5.69 Å². The van der Waals surface area contributed by atoms with Crippen molar-refractivity contribution < 1.29 is 14.3 Å². The molecule has 8 heteroatoms. The van der Waals surface area contributed by atoms with Crippen LogP contribution in [0.1, 0.15) is 36.7 Å². The number of carbonyl (C=O) groups excluding carboxylic acids is 2. The zero-order valence-corrected chi connectivity index (χ0v) is 19.1. The summed E-state index contributed by atoms with van der Waals surface area (Å²) in [6.07, 6.45) is 1.56. The number of rotatable bonds is 7. The third-order valence-electron chi connectivity index (χ3n) is 4.97. The van der Waals surface area contributed by atoms with Crippen LogP contribution in [0.2, 0.25) is 0 Å². The van der Waals surface area contributed by atoms with Gasteiger partial charge in [-0.2, -0.15) is 5.26 Å². The number of thiophene rings is 1. The molecule has 2 heterocycles. The summed E-state index contributed by atoms with van der Waals surface area (Å²) in [6, 6.07) is 21.2. The van der Waals surface area contributed by atoms with Crippen LogP contribution in [0.25, 0.3) is 0 Å². The standard InChI is InChI=1S/C26H20N4O3S/c1-17-14-21(33-26-20(15-27)4-2-12-28-26)10-11-22(17)30-24(31)19-8-6-18(7-9-19)16-29-25(32)23-5-3-13-34-23/h2-14H,16H2,1H3,(H,29,32)(H,30,31). The molecule has 2 aromatic carbocycles. The fourth-order valence-corrected chi connectivity index (χ4v) is 3.79. The maximum atomic E-state index is 12.7. The molecule has 2 aromatic heterocycles. The molecule has 2 N–H and O–H groups in total. The van der Waals surface area contributed by atoms with Gasteiger partial charge in [0.15, 0.2) is 0 Å². The second-order valence-electron chi connectivity index (χ2n) is 7.36. The van der Waals surface area contributed by atoms with Crippen LogP contribution in [-0.4, -0.2) is 16.8 Å². The first kappa shape index (κ1) is 22.7. The van der Waals surface area contributed by atoms with Crippen molar-refractivity contribution in [3.05, 3.63) is 105 Å². The van der Waals surface area contributed by atoms with Gasteiger partial charge in [0, 0.05) is 24.0 Å². The molecule has 0 saturated carbocycles. The molecule has 0 radical (unpaired) electrons. The van der Waals surface area contributed by atoms with Gasteiger partial charge in [-0.1, -0.05) is 18.2 Å². The predicted octanol–water partition coefficient (Wildman–Crippen LogP) is 5.30. The minimum Gasteiger partial charge on any atom is -0.438 e. The molecule has 4 rings (SSSR count). The number of carbonyl (C=O) groups is 2. The SMILES string of the molecule is Cc1cc(Oc2ncccc2C#N)ccc1NC(=O)c1ccc(CNC(=O)c2cccs2)cc1. The molecular weight excluding hydrogens is 448 g/mol. The lowest BCUT2D eigenvalue weighted by Crippen LogP contribution is -2.21. The van der Waals surface area contributed by atoms with E-state index in [-0.39, 0.29) is 17.7 Å². The highest BCUT2D eigenvalue weighted by molar-refractivity contribution is 7.12. The number of aromatic nitrogens is 1. The molecule has 0 spiro atoms. The number of benzene rings is 2. The Hall–Kier alpha value is -4.48. The van der Waals surface area contributed by atoms with E-state index >= 15 is 0 Å². The molecule has 0 bridgehead atoms. The van der Waals surface area contributed by atoms with E-state index in [0.29, 0.717) is 34.0 Å². The van der Waals surface area contributed by atoms with Gasteiger partial charge < -0.3 is 15.4 Å². The lowest BCUT2D eigenvalue weighted by molar-refractivity contribution is 0.0953. The average molecular weight is 469 g/mol. The van der Waals surface area contributed by atoms with Crippen molar-refractivity contribution in [3.63, 3.8) is 0 Å². The molecule has 0 saturated heterocycles. The normalized spacial score (nSPS) is 10.2. The molecule has 0 aliphatic carbocycles. The molecule has 0 atom stereocenters. The summed E-state index contributed by atoms with van der Waals surface area (Å²) >= 11 is 1.39. The van der Waals surface area contributed by atoms with Gasteiger partial charge in [0.1, 0.15) is 17.4 Å². The van der Waals surface area contributed by atoms with Crippen molar-refractivity contribution in [3.8, 4) is 17.7 Å². The first-order valence-electron chi connectivity index (χ1n) is 10.4. The predicted molar refractivity (Wildman–Crippen MR) is 130 cm³/mol. The van der Waals surface area contributed by atoms with E-state index < -0.39 is 0 Å². The number of hydrogen-bond acceptors (Lipinski definition) is 6. The Labute approximate surface area is 200 Å². The van der Waals surface area contributed by atoms with Crippen LogP contribution in [0.5, 0.6) is 11.6 Å². The van der Waals surface area contributed by atoms with Crippen molar-refractivity contribution >= 4 is 28.8 Å². The van der Waals surface area contributed by atoms with E-state index in [9.17, 15) is 14.9 Å². The van der Waals surface area contributed by atoms with E-state index in [4.69, 9.17) is 4.74 Å². The fraction of sp³-hybridized carbons (Fsp3) is 0.0769. The molecule has 2 amide bonds. The Morgan fingerprint density at radius 1 is 1.06 bits per heavy atom. The second kappa shape index (κ2) is 10.4. The van der Waals surface area contributed by atoms with Crippen LogP contribution in [0.3, 0.4) is 0 Å². The van der Waals surface area contributed by atoms with Crippen molar-refractivity contribution in [2.45, 2.75) is 13.5 Å². The number of nitriles is 1. The Morgan fingerprint density at radius 2 is 1.88 bits per heavy atom. The highest BCUT2D eigenvalue weighted by atomic mass is 32.1. The number of nitrogens with one attached hydrogen (secondary N) is 2. The van der Waals surface area contributed by atoms with Gasteiger partial charge in [-0.15, -0.1) is 11.3 Å². The topological polar surface area (TPSA) is 104 Å². The van der Waals surface area contributed by atoms with Crippen LogP contribution in [-0.2, 0) is 6.54 Å². The van der Waals surface area contributed by atoms with Gasteiger partial charge >= 0.3 is 0 Å². The summed E-state index contributed by atoms with van der Waals surface area (Å²) in [5, 5.41) is 16.8. The molecule has 168 valence electrons. The number of ether oxygens (including phenoxy) is 1. The third-order valence-corrected chi connectivity index (χ3v) is 5.83. The van der Waals surface area contributed by atoms with Crippen molar-refractivity contribution in [1.29, 1.82) is 5.26 Å². The average Bonchev–Trinajstić information content (AvgIpc) is 3.40. The number of nitrogens with zero attached hydrogens (tertiary/aromatic N) is 2. The van der Waals surface area contributed by atoms with Crippen LogP contribution < -0.4 is 15.4 Å². The van der Waals surface area contributed by atoms with E-state index in [1.807, 2.05) is 36.6 Å². The fourth-order valence-electron chi connectivity index (χ4n) is 3.15. The van der Waals surface area contributed by atoms with Gasteiger partial charge in [-0.3, -0.25) is 9.59 Å². The number of anilines is 1. The molecule has 0 aliphatic heterocycles. The number of hydrogen-bond donors (Lipinski definition) is 2. The summed E-state index contributed by atoms with van der Waals surface area (Å²) in [4.78, 5) is 29.5. The molecule has 0 aliphatic rings. The van der Waals surface area contributed by atoms with Gasteiger partial charge in [-0.05, 0) is 72.0 Å². The Morgan fingerprint density at radius 3 is 2.59 bits per heavy atom. The molecule has 7 nitrogen and oxygen atoms in total. The minimum atomic E-state index is -0.248. The van der Waals surface area contributed by atoms with E-state index in [1.54, 1.807) is 54.7 Å². The third kappa shape index (κ3) is 5.46. The van der Waals surface area contributed by atoms with Crippen LogP contribution in [0.15, 0.2) is 78.3 Å². The van der Waals surface area contributed by atoms with Crippen LogP contribution >= 0.6 is 11.3 Å². The van der Waals surface area contributed by atoms with Crippen molar-refractivity contribution in [1.82, 2.24) is 10.3 Å². The summed E-state index contributed by atoms with van der Waals surface area (Å²) in [5.74, 6) is 0.376. The quantitative estimate of drug-likeness (QED) is 0.383. The van der Waals surface area contributed by atoms with E-state index in [1.165, 1.54) is 11.3 Å². The largest absolute Gasteiger partial charge is 0.438 e. The highest BCUT2D eigenvalue weighted by Gasteiger charge is 2.11. The number of aryl methyl sites for hydroxylation is 1. The molecule has 0 unspecified atom stereocenters. The van der Waals surface area contributed by atoms with Gasteiger partial charge in [0.05, 0.1) is 4.88 Å².